The van der Waals surface area contributed by atoms with Gasteiger partial charge in [-0.25, -0.2) is 9.97 Å². The second kappa shape index (κ2) is 7.80. The molecular formula is C20H24N8. The molecule has 1 fully saturated rings. The topological polar surface area (TPSA) is 97.2 Å². The molecule has 0 amide bonds. The average molecular weight is 376 g/mol. The second-order valence-corrected chi connectivity index (χ2v) is 7.44. The fraction of sp³-hybridized carbons (Fsp3) is 0.450. The Morgan fingerprint density at radius 1 is 1.21 bits per heavy atom. The first-order valence-corrected chi connectivity index (χ1v) is 9.65. The van der Waals surface area contributed by atoms with Crippen molar-refractivity contribution >= 4 is 11.6 Å². The lowest BCUT2D eigenvalue weighted by molar-refractivity contribution is 0.315. The highest BCUT2D eigenvalue weighted by Crippen LogP contribution is 2.36. The molecule has 0 spiro atoms. The molecule has 1 saturated carbocycles. The molecule has 28 heavy (non-hydrogen) atoms. The molecule has 8 nitrogen and oxygen atoms in total. The van der Waals surface area contributed by atoms with Gasteiger partial charge in [-0.15, -0.1) is 0 Å². The first kappa shape index (κ1) is 18.2. The van der Waals surface area contributed by atoms with Crippen LogP contribution in [0.5, 0.6) is 0 Å². The molecule has 4 rings (SSSR count). The number of hydrogen-bond acceptors (Lipinski definition) is 6. The van der Waals surface area contributed by atoms with Gasteiger partial charge in [0, 0.05) is 31.2 Å². The molecule has 3 heterocycles. The van der Waals surface area contributed by atoms with Crippen LogP contribution in [0.1, 0.15) is 43.7 Å². The molecule has 0 unspecified atom stereocenters. The Morgan fingerprint density at radius 3 is 2.75 bits per heavy atom. The van der Waals surface area contributed by atoms with Crippen LogP contribution in [-0.4, -0.2) is 29.5 Å². The summed E-state index contributed by atoms with van der Waals surface area (Å²) >= 11 is 0. The van der Waals surface area contributed by atoms with Gasteiger partial charge in [0.25, 0.3) is 0 Å². The number of nitriles is 1. The van der Waals surface area contributed by atoms with Gasteiger partial charge in [0.1, 0.15) is 0 Å². The van der Waals surface area contributed by atoms with Gasteiger partial charge in [0.05, 0.1) is 42.3 Å². The van der Waals surface area contributed by atoms with Crippen molar-refractivity contribution < 1.29 is 0 Å². The van der Waals surface area contributed by atoms with Crippen LogP contribution in [0.3, 0.4) is 0 Å². The summed E-state index contributed by atoms with van der Waals surface area (Å²) in [6, 6.07) is 2.47. The van der Waals surface area contributed by atoms with Crippen molar-refractivity contribution in [1.82, 2.24) is 29.5 Å². The zero-order chi connectivity index (χ0) is 19.5. The Bertz CT molecular complexity index is 990. The average Bonchev–Trinajstić information content (AvgIpc) is 3.44. The van der Waals surface area contributed by atoms with Crippen molar-refractivity contribution in [3.63, 3.8) is 0 Å². The van der Waals surface area contributed by atoms with Crippen LogP contribution in [0.15, 0.2) is 31.0 Å². The third-order valence-electron chi connectivity index (χ3n) is 5.39. The minimum absolute atomic E-state index is 0.136. The maximum absolute atomic E-state index is 9.28. The van der Waals surface area contributed by atoms with Gasteiger partial charge in [0.15, 0.2) is 0 Å². The van der Waals surface area contributed by atoms with Crippen molar-refractivity contribution in [2.24, 2.45) is 13.0 Å². The van der Waals surface area contributed by atoms with E-state index in [-0.39, 0.29) is 6.04 Å². The minimum atomic E-state index is 0.136. The van der Waals surface area contributed by atoms with Gasteiger partial charge in [-0.05, 0) is 31.2 Å². The molecule has 144 valence electrons. The van der Waals surface area contributed by atoms with Crippen molar-refractivity contribution in [2.75, 3.05) is 5.32 Å². The van der Waals surface area contributed by atoms with E-state index in [2.05, 4.69) is 31.6 Å². The Balaban J connectivity index is 1.60. The molecule has 0 aliphatic heterocycles. The van der Waals surface area contributed by atoms with E-state index in [4.69, 9.17) is 0 Å². The standard InChI is InChI=1S/C20H24N8/c1-14-9-22-20(25-17-11-23-27(2)13-17)26-19(14)16-10-24-28(12-16)18(7-8-21)15-5-3-4-6-15/h9-13,15,18H,3-7H2,1-2H3,(H,22,25,26)/t18-/m1/s1. The summed E-state index contributed by atoms with van der Waals surface area (Å²) in [5.41, 5.74) is 3.60. The molecule has 0 saturated heterocycles. The van der Waals surface area contributed by atoms with Crippen molar-refractivity contribution in [3.05, 3.63) is 36.5 Å². The fourth-order valence-electron chi connectivity index (χ4n) is 3.96. The smallest absolute Gasteiger partial charge is 0.227 e. The zero-order valence-electron chi connectivity index (χ0n) is 16.2. The molecule has 0 radical (unpaired) electrons. The lowest BCUT2D eigenvalue weighted by Gasteiger charge is -2.21. The zero-order valence-corrected chi connectivity index (χ0v) is 16.2. The predicted molar refractivity (Wildman–Crippen MR) is 106 cm³/mol. The Labute approximate surface area is 164 Å². The molecule has 3 aromatic heterocycles. The fourth-order valence-corrected chi connectivity index (χ4v) is 3.96. The molecule has 0 aromatic carbocycles. The summed E-state index contributed by atoms with van der Waals surface area (Å²) in [6.45, 7) is 1.99. The highest BCUT2D eigenvalue weighted by atomic mass is 15.3. The lowest BCUT2D eigenvalue weighted by Crippen LogP contribution is -2.17. The first-order valence-electron chi connectivity index (χ1n) is 9.65. The summed E-state index contributed by atoms with van der Waals surface area (Å²) in [5, 5.41) is 21.2. The Kier molecular flexibility index (Phi) is 5.06. The quantitative estimate of drug-likeness (QED) is 0.703. The number of hydrogen-bond donors (Lipinski definition) is 1. The van der Waals surface area contributed by atoms with E-state index in [9.17, 15) is 5.26 Å². The third kappa shape index (κ3) is 3.74. The molecule has 8 heteroatoms. The minimum Gasteiger partial charge on any atom is -0.321 e. The van der Waals surface area contributed by atoms with Gasteiger partial charge in [-0.1, -0.05) is 12.8 Å². The summed E-state index contributed by atoms with van der Waals surface area (Å²) < 4.78 is 3.68. The largest absolute Gasteiger partial charge is 0.321 e. The van der Waals surface area contributed by atoms with E-state index in [1.165, 1.54) is 25.7 Å². The van der Waals surface area contributed by atoms with E-state index in [1.54, 1.807) is 10.9 Å². The van der Waals surface area contributed by atoms with E-state index >= 15 is 0 Å². The van der Waals surface area contributed by atoms with Crippen LogP contribution in [0.4, 0.5) is 11.6 Å². The first-order chi connectivity index (χ1) is 13.6. The number of nitrogens with zero attached hydrogens (tertiary/aromatic N) is 7. The Morgan fingerprint density at radius 2 is 2.04 bits per heavy atom. The van der Waals surface area contributed by atoms with Crippen LogP contribution in [0.2, 0.25) is 0 Å². The van der Waals surface area contributed by atoms with Crippen LogP contribution >= 0.6 is 0 Å². The van der Waals surface area contributed by atoms with E-state index < -0.39 is 0 Å². The number of nitrogens with one attached hydrogen (secondary N) is 1. The van der Waals surface area contributed by atoms with Gasteiger partial charge in [0.2, 0.25) is 5.95 Å². The lowest BCUT2D eigenvalue weighted by atomic mass is 9.96. The van der Waals surface area contributed by atoms with Gasteiger partial charge in [-0.2, -0.15) is 15.5 Å². The van der Waals surface area contributed by atoms with Gasteiger partial charge in [-0.3, -0.25) is 9.36 Å². The van der Waals surface area contributed by atoms with Crippen LogP contribution in [0.25, 0.3) is 11.3 Å². The van der Waals surface area contributed by atoms with Crippen molar-refractivity contribution in [3.8, 4) is 17.3 Å². The molecule has 1 aliphatic rings. The highest BCUT2D eigenvalue weighted by Gasteiger charge is 2.27. The maximum atomic E-state index is 9.28. The number of aromatic nitrogens is 6. The predicted octanol–water partition coefficient (Wildman–Crippen LogP) is 3.77. The van der Waals surface area contributed by atoms with E-state index in [0.29, 0.717) is 18.3 Å². The van der Waals surface area contributed by atoms with Crippen LogP contribution in [-0.2, 0) is 7.05 Å². The summed E-state index contributed by atoms with van der Waals surface area (Å²) in [6.07, 6.45) is 14.6. The molecule has 0 bridgehead atoms. The Hall–Kier alpha value is -3.21. The number of anilines is 2. The number of aryl methyl sites for hydroxylation is 2. The monoisotopic (exact) mass is 376 g/mol. The van der Waals surface area contributed by atoms with Crippen molar-refractivity contribution in [1.29, 1.82) is 5.26 Å². The SMILES string of the molecule is Cc1cnc(Nc2cnn(C)c2)nc1-c1cnn([C@H](CC#N)C2CCCC2)c1. The van der Waals surface area contributed by atoms with Crippen LogP contribution < -0.4 is 5.32 Å². The normalized spacial score (nSPS) is 15.5. The second-order valence-electron chi connectivity index (χ2n) is 7.44. The summed E-state index contributed by atoms with van der Waals surface area (Å²) in [4.78, 5) is 9.06. The maximum Gasteiger partial charge on any atom is 0.227 e. The van der Waals surface area contributed by atoms with E-state index in [1.807, 2.05) is 43.4 Å². The molecule has 3 aromatic rings. The van der Waals surface area contributed by atoms with Crippen molar-refractivity contribution in [2.45, 2.75) is 45.1 Å². The molecule has 1 N–H and O–H groups in total. The van der Waals surface area contributed by atoms with Gasteiger partial charge < -0.3 is 5.32 Å². The highest BCUT2D eigenvalue weighted by molar-refractivity contribution is 5.63. The summed E-state index contributed by atoms with van der Waals surface area (Å²) in [7, 11) is 1.86. The number of rotatable bonds is 6. The van der Waals surface area contributed by atoms with Gasteiger partial charge >= 0.3 is 0 Å². The molecule has 1 atom stereocenters. The molecular weight excluding hydrogens is 352 g/mol. The molecule has 1 aliphatic carbocycles. The summed E-state index contributed by atoms with van der Waals surface area (Å²) in [5.74, 6) is 1.05. The van der Waals surface area contributed by atoms with E-state index in [0.717, 1.165) is 22.5 Å². The third-order valence-corrected chi connectivity index (χ3v) is 5.39. The van der Waals surface area contributed by atoms with Crippen LogP contribution in [0, 0.1) is 24.2 Å².